The van der Waals surface area contributed by atoms with Gasteiger partial charge in [-0.25, -0.2) is 4.39 Å². The molecule has 2 aromatic rings. The SMILES string of the molecule is CN=C(NCC(OC)c1ccc(F)cc1)N1CCN(c2cnn(C)c2)C(=O)C1. The molecule has 1 aromatic carbocycles. The lowest BCUT2D eigenvalue weighted by Crippen LogP contribution is -2.55. The number of hydrogen-bond donors (Lipinski definition) is 1. The van der Waals surface area contributed by atoms with Crippen molar-refractivity contribution in [2.45, 2.75) is 6.10 Å². The summed E-state index contributed by atoms with van der Waals surface area (Å²) in [7, 11) is 5.11. The van der Waals surface area contributed by atoms with Gasteiger partial charge in [-0.3, -0.25) is 14.5 Å². The Morgan fingerprint density at radius 1 is 1.36 bits per heavy atom. The Kier molecular flexibility index (Phi) is 6.25. The molecule has 1 fully saturated rings. The number of hydrogen-bond acceptors (Lipinski definition) is 4. The van der Waals surface area contributed by atoms with Crippen LogP contribution in [0.1, 0.15) is 11.7 Å². The number of amides is 1. The van der Waals surface area contributed by atoms with Crippen LogP contribution in [0.25, 0.3) is 0 Å². The summed E-state index contributed by atoms with van der Waals surface area (Å²) in [6.07, 6.45) is 3.25. The van der Waals surface area contributed by atoms with Crippen molar-refractivity contribution < 1.29 is 13.9 Å². The highest BCUT2D eigenvalue weighted by molar-refractivity contribution is 5.98. The smallest absolute Gasteiger partial charge is 0.246 e. The first-order valence-electron chi connectivity index (χ1n) is 9.04. The van der Waals surface area contributed by atoms with Gasteiger partial charge in [0.25, 0.3) is 0 Å². The van der Waals surface area contributed by atoms with Gasteiger partial charge in [0.15, 0.2) is 5.96 Å². The molecule has 1 aliphatic heterocycles. The minimum Gasteiger partial charge on any atom is -0.375 e. The Bertz CT molecular complexity index is 835. The van der Waals surface area contributed by atoms with Crippen LogP contribution in [0.2, 0.25) is 0 Å². The lowest BCUT2D eigenvalue weighted by atomic mass is 10.1. The summed E-state index contributed by atoms with van der Waals surface area (Å²) in [5, 5.41) is 7.38. The summed E-state index contributed by atoms with van der Waals surface area (Å²) in [4.78, 5) is 20.5. The fraction of sp³-hybridized carbons (Fsp3) is 0.421. The van der Waals surface area contributed by atoms with Crippen molar-refractivity contribution >= 4 is 17.6 Å². The Morgan fingerprint density at radius 2 is 2.11 bits per heavy atom. The monoisotopic (exact) mass is 388 g/mol. The standard InChI is InChI=1S/C19H25FN6O2/c1-21-19(22-11-17(28-3)14-4-6-15(20)7-5-14)25-8-9-26(18(27)13-25)16-10-23-24(2)12-16/h4-7,10,12,17H,8-9,11,13H2,1-3H3,(H,21,22). The topological polar surface area (TPSA) is 75.0 Å². The summed E-state index contributed by atoms with van der Waals surface area (Å²) in [5.74, 6) is 0.333. The van der Waals surface area contributed by atoms with Gasteiger partial charge >= 0.3 is 0 Å². The van der Waals surface area contributed by atoms with Crippen molar-refractivity contribution in [2.24, 2.45) is 12.0 Å². The zero-order valence-corrected chi connectivity index (χ0v) is 16.3. The van der Waals surface area contributed by atoms with Crippen molar-refractivity contribution in [2.75, 3.05) is 45.2 Å². The summed E-state index contributed by atoms with van der Waals surface area (Å²) < 4.78 is 20.3. The van der Waals surface area contributed by atoms with E-state index in [2.05, 4.69) is 15.4 Å². The molecule has 0 saturated carbocycles. The van der Waals surface area contributed by atoms with Crippen molar-refractivity contribution in [3.63, 3.8) is 0 Å². The molecule has 3 rings (SSSR count). The van der Waals surface area contributed by atoms with Crippen molar-refractivity contribution in [3.05, 3.63) is 48.0 Å². The van der Waals surface area contributed by atoms with Crippen LogP contribution in [-0.2, 0) is 16.6 Å². The van der Waals surface area contributed by atoms with Gasteiger partial charge in [0.2, 0.25) is 5.91 Å². The lowest BCUT2D eigenvalue weighted by Gasteiger charge is -2.35. The van der Waals surface area contributed by atoms with E-state index in [0.29, 0.717) is 25.6 Å². The molecule has 0 radical (unpaired) electrons. The third-order valence-corrected chi connectivity index (χ3v) is 4.71. The van der Waals surface area contributed by atoms with Gasteiger partial charge in [-0.1, -0.05) is 12.1 Å². The molecule has 0 spiro atoms. The zero-order valence-electron chi connectivity index (χ0n) is 16.3. The Hall–Kier alpha value is -2.94. The molecule has 1 atom stereocenters. The van der Waals surface area contributed by atoms with Crippen LogP contribution < -0.4 is 10.2 Å². The fourth-order valence-electron chi connectivity index (χ4n) is 3.21. The molecule has 1 N–H and O–H groups in total. The number of anilines is 1. The number of aryl methyl sites for hydroxylation is 1. The number of piperazine rings is 1. The van der Waals surface area contributed by atoms with Crippen molar-refractivity contribution in [3.8, 4) is 0 Å². The lowest BCUT2D eigenvalue weighted by molar-refractivity contribution is -0.120. The van der Waals surface area contributed by atoms with Crippen LogP contribution in [0, 0.1) is 5.82 Å². The molecule has 1 unspecified atom stereocenters. The van der Waals surface area contributed by atoms with Crippen LogP contribution in [0.5, 0.6) is 0 Å². The minimum atomic E-state index is -0.285. The van der Waals surface area contributed by atoms with E-state index < -0.39 is 0 Å². The number of halogens is 1. The van der Waals surface area contributed by atoms with E-state index in [1.807, 2.05) is 18.1 Å². The van der Waals surface area contributed by atoms with E-state index >= 15 is 0 Å². The van der Waals surface area contributed by atoms with Gasteiger partial charge in [0.05, 0.1) is 18.0 Å². The molecule has 28 heavy (non-hydrogen) atoms. The summed E-state index contributed by atoms with van der Waals surface area (Å²) in [5.41, 5.74) is 1.66. The average molecular weight is 388 g/mol. The molecule has 2 heterocycles. The maximum atomic E-state index is 13.1. The molecule has 150 valence electrons. The first kappa shape index (κ1) is 19.8. The fourth-order valence-corrected chi connectivity index (χ4v) is 3.21. The Labute approximate surface area is 163 Å². The summed E-state index contributed by atoms with van der Waals surface area (Å²) in [6, 6.07) is 6.22. The number of carbonyl (C=O) groups is 1. The van der Waals surface area contributed by atoms with Crippen LogP contribution in [0.15, 0.2) is 41.7 Å². The van der Waals surface area contributed by atoms with Crippen molar-refractivity contribution in [1.82, 2.24) is 20.0 Å². The van der Waals surface area contributed by atoms with E-state index in [1.54, 1.807) is 42.1 Å². The highest BCUT2D eigenvalue weighted by Crippen LogP contribution is 2.18. The molecule has 9 heteroatoms. The zero-order chi connectivity index (χ0) is 20.1. The second kappa shape index (κ2) is 8.83. The van der Waals surface area contributed by atoms with Crippen molar-refractivity contribution in [1.29, 1.82) is 0 Å². The number of nitrogens with one attached hydrogen (secondary N) is 1. The highest BCUT2D eigenvalue weighted by Gasteiger charge is 2.28. The van der Waals surface area contributed by atoms with E-state index in [4.69, 9.17) is 4.74 Å². The van der Waals surface area contributed by atoms with E-state index in [1.165, 1.54) is 12.1 Å². The van der Waals surface area contributed by atoms with Gasteiger partial charge in [-0.05, 0) is 17.7 Å². The first-order chi connectivity index (χ1) is 13.5. The second-order valence-corrected chi connectivity index (χ2v) is 6.54. The quantitative estimate of drug-likeness (QED) is 0.615. The van der Waals surface area contributed by atoms with Gasteiger partial charge in [0.1, 0.15) is 12.4 Å². The molecule has 0 bridgehead atoms. The number of rotatable bonds is 5. The number of ether oxygens (including phenoxy) is 1. The predicted octanol–water partition coefficient (Wildman–Crippen LogP) is 1.17. The van der Waals surface area contributed by atoms with E-state index in [-0.39, 0.29) is 24.4 Å². The largest absolute Gasteiger partial charge is 0.375 e. The number of guanidine groups is 1. The minimum absolute atomic E-state index is 0.0102. The van der Waals surface area contributed by atoms with E-state index in [9.17, 15) is 9.18 Å². The molecule has 1 aromatic heterocycles. The Morgan fingerprint density at radius 3 is 2.68 bits per heavy atom. The summed E-state index contributed by atoms with van der Waals surface area (Å²) >= 11 is 0. The summed E-state index contributed by atoms with van der Waals surface area (Å²) in [6.45, 7) is 1.87. The number of carbonyl (C=O) groups excluding carboxylic acids is 1. The third-order valence-electron chi connectivity index (χ3n) is 4.71. The molecule has 1 amide bonds. The maximum Gasteiger partial charge on any atom is 0.246 e. The van der Waals surface area contributed by atoms with Crippen LogP contribution in [0.3, 0.4) is 0 Å². The Balaban J connectivity index is 1.59. The third kappa shape index (κ3) is 4.48. The normalized spacial score (nSPS) is 16.4. The van der Waals surface area contributed by atoms with Gasteiger partial charge in [0, 0.05) is 47.0 Å². The maximum absolute atomic E-state index is 13.1. The number of benzene rings is 1. The number of methoxy groups -OCH3 is 1. The molecular formula is C19H25FN6O2. The molecule has 1 aliphatic rings. The second-order valence-electron chi connectivity index (χ2n) is 6.54. The number of aromatic nitrogens is 2. The average Bonchev–Trinajstić information content (AvgIpc) is 3.12. The first-order valence-corrected chi connectivity index (χ1v) is 9.04. The number of aliphatic imine (C=N–C) groups is 1. The molecule has 8 nitrogen and oxygen atoms in total. The van der Waals surface area contributed by atoms with Gasteiger partial charge < -0.3 is 19.9 Å². The molecule has 1 saturated heterocycles. The van der Waals surface area contributed by atoms with Crippen LogP contribution in [0.4, 0.5) is 10.1 Å². The van der Waals surface area contributed by atoms with Crippen LogP contribution in [-0.4, -0.2) is 66.9 Å². The van der Waals surface area contributed by atoms with Gasteiger partial charge in [-0.15, -0.1) is 0 Å². The highest BCUT2D eigenvalue weighted by atomic mass is 19.1. The van der Waals surface area contributed by atoms with Gasteiger partial charge in [-0.2, -0.15) is 5.10 Å². The predicted molar refractivity (Wildman–Crippen MR) is 105 cm³/mol. The van der Waals surface area contributed by atoms with Crippen LogP contribution >= 0.6 is 0 Å². The molecule has 0 aliphatic carbocycles. The number of nitrogens with zero attached hydrogens (tertiary/aromatic N) is 5. The van der Waals surface area contributed by atoms with E-state index in [0.717, 1.165) is 11.3 Å². The molecular weight excluding hydrogens is 363 g/mol.